The first-order chi connectivity index (χ1) is 6.43. The van der Waals surface area contributed by atoms with Crippen LogP contribution in [0.2, 0.25) is 0 Å². The first-order valence-corrected chi connectivity index (χ1v) is 3.93. The summed E-state index contributed by atoms with van der Waals surface area (Å²) in [5, 5.41) is 1.01. The Morgan fingerprint density at radius 3 is 2.54 bits per heavy atom. The van der Waals surface area contributed by atoms with E-state index in [9.17, 15) is 0 Å². The molecule has 0 unspecified atom stereocenters. The van der Waals surface area contributed by atoms with Crippen molar-refractivity contribution < 1.29 is 13.9 Å². The standard InChI is InChI=1S/C10H6O3/c1-2-11-8-6-10-9(5-7(1)8)12-3-4-13-10/h1-6H. The van der Waals surface area contributed by atoms with E-state index >= 15 is 0 Å². The van der Waals surface area contributed by atoms with Crippen LogP contribution in [0, 0.1) is 0 Å². The molecule has 1 aliphatic heterocycles. The van der Waals surface area contributed by atoms with Gasteiger partial charge in [-0.15, -0.1) is 0 Å². The minimum absolute atomic E-state index is 0.685. The van der Waals surface area contributed by atoms with Gasteiger partial charge >= 0.3 is 0 Å². The van der Waals surface area contributed by atoms with Gasteiger partial charge in [0.1, 0.15) is 18.1 Å². The fourth-order valence-electron chi connectivity index (χ4n) is 1.36. The highest BCUT2D eigenvalue weighted by molar-refractivity contribution is 5.81. The molecule has 2 heterocycles. The molecule has 0 saturated carbocycles. The zero-order valence-corrected chi connectivity index (χ0v) is 6.69. The van der Waals surface area contributed by atoms with E-state index in [4.69, 9.17) is 13.9 Å². The normalized spacial score (nSPS) is 13.5. The number of furan rings is 1. The Bertz CT molecular complexity index is 440. The van der Waals surface area contributed by atoms with Crippen LogP contribution in [-0.4, -0.2) is 0 Å². The smallest absolute Gasteiger partial charge is 0.172 e. The van der Waals surface area contributed by atoms with Gasteiger partial charge in [-0.1, -0.05) is 0 Å². The highest BCUT2D eigenvalue weighted by Gasteiger charge is 2.10. The summed E-state index contributed by atoms with van der Waals surface area (Å²) in [7, 11) is 0. The Kier molecular flexibility index (Phi) is 1.16. The molecule has 1 aliphatic rings. The third kappa shape index (κ3) is 0.902. The van der Waals surface area contributed by atoms with Crippen LogP contribution in [0.4, 0.5) is 0 Å². The third-order valence-corrected chi connectivity index (χ3v) is 1.96. The van der Waals surface area contributed by atoms with Gasteiger partial charge in [0.25, 0.3) is 0 Å². The van der Waals surface area contributed by atoms with Crippen LogP contribution < -0.4 is 9.47 Å². The monoisotopic (exact) mass is 174 g/mol. The fraction of sp³-hybridized carbons (Fsp3) is 0. The Hall–Kier alpha value is -1.90. The van der Waals surface area contributed by atoms with Crippen LogP contribution in [0.1, 0.15) is 0 Å². The maximum Gasteiger partial charge on any atom is 0.172 e. The van der Waals surface area contributed by atoms with E-state index in [1.54, 1.807) is 6.26 Å². The summed E-state index contributed by atoms with van der Waals surface area (Å²) in [6.45, 7) is 0. The zero-order valence-electron chi connectivity index (χ0n) is 6.69. The van der Waals surface area contributed by atoms with Crippen molar-refractivity contribution in [3.05, 3.63) is 37.0 Å². The van der Waals surface area contributed by atoms with Crippen LogP contribution in [0.25, 0.3) is 11.0 Å². The summed E-state index contributed by atoms with van der Waals surface area (Å²) in [5.74, 6) is 1.40. The maximum atomic E-state index is 5.25. The van der Waals surface area contributed by atoms with Gasteiger partial charge in [-0.25, -0.2) is 0 Å². The van der Waals surface area contributed by atoms with Crippen LogP contribution in [0.3, 0.4) is 0 Å². The van der Waals surface area contributed by atoms with E-state index in [-0.39, 0.29) is 0 Å². The molecule has 3 nitrogen and oxygen atoms in total. The minimum Gasteiger partial charge on any atom is -0.464 e. The van der Waals surface area contributed by atoms with Gasteiger partial charge in [0, 0.05) is 11.5 Å². The largest absolute Gasteiger partial charge is 0.464 e. The number of hydrogen-bond acceptors (Lipinski definition) is 3. The summed E-state index contributed by atoms with van der Waals surface area (Å²) in [6.07, 6.45) is 4.65. The lowest BCUT2D eigenvalue weighted by Gasteiger charge is -2.11. The lowest BCUT2D eigenvalue weighted by Crippen LogP contribution is -1.95. The van der Waals surface area contributed by atoms with Gasteiger partial charge in [0.2, 0.25) is 0 Å². The summed E-state index contributed by atoms with van der Waals surface area (Å²) in [6, 6.07) is 5.59. The molecule has 0 bridgehead atoms. The van der Waals surface area contributed by atoms with Crippen molar-refractivity contribution in [3.63, 3.8) is 0 Å². The number of hydrogen-bond donors (Lipinski definition) is 0. The van der Waals surface area contributed by atoms with Gasteiger partial charge in [0.15, 0.2) is 11.5 Å². The Morgan fingerprint density at radius 1 is 0.923 bits per heavy atom. The SMILES string of the molecule is C1=COc2cc3occc3cc2O1. The topological polar surface area (TPSA) is 31.6 Å². The van der Waals surface area contributed by atoms with E-state index in [0.717, 1.165) is 16.7 Å². The van der Waals surface area contributed by atoms with Gasteiger partial charge in [0.05, 0.1) is 6.26 Å². The number of benzene rings is 1. The van der Waals surface area contributed by atoms with Gasteiger partial charge < -0.3 is 13.9 Å². The predicted octanol–water partition coefficient (Wildman–Crippen LogP) is 2.68. The molecule has 0 radical (unpaired) electrons. The van der Waals surface area contributed by atoms with Crippen LogP contribution in [0.15, 0.2) is 41.4 Å². The van der Waals surface area contributed by atoms with Crippen LogP contribution >= 0.6 is 0 Å². The molecule has 0 saturated heterocycles. The highest BCUT2D eigenvalue weighted by Crippen LogP contribution is 2.34. The Labute approximate surface area is 74.2 Å². The molecule has 0 spiro atoms. The van der Waals surface area contributed by atoms with E-state index in [2.05, 4.69) is 0 Å². The lowest BCUT2D eigenvalue weighted by molar-refractivity contribution is 0.362. The molecule has 13 heavy (non-hydrogen) atoms. The molecular weight excluding hydrogens is 168 g/mol. The first kappa shape index (κ1) is 6.60. The van der Waals surface area contributed by atoms with E-state index in [1.165, 1.54) is 12.5 Å². The average Bonchev–Trinajstić information content (AvgIpc) is 2.61. The Balaban J connectivity index is 2.31. The molecule has 2 aromatic rings. The van der Waals surface area contributed by atoms with Crippen LogP contribution in [0.5, 0.6) is 11.5 Å². The lowest BCUT2D eigenvalue weighted by atomic mass is 10.2. The van der Waals surface area contributed by atoms with E-state index in [1.807, 2.05) is 18.2 Å². The molecule has 0 amide bonds. The molecule has 3 rings (SSSR count). The summed E-state index contributed by atoms with van der Waals surface area (Å²) in [5.41, 5.74) is 0.803. The van der Waals surface area contributed by atoms with Crippen molar-refractivity contribution in [2.75, 3.05) is 0 Å². The molecular formula is C10H6O3. The van der Waals surface area contributed by atoms with Gasteiger partial charge in [-0.3, -0.25) is 0 Å². The summed E-state index contributed by atoms with van der Waals surface area (Å²) in [4.78, 5) is 0. The average molecular weight is 174 g/mol. The minimum atomic E-state index is 0.685. The molecule has 0 aliphatic carbocycles. The third-order valence-electron chi connectivity index (χ3n) is 1.96. The van der Waals surface area contributed by atoms with Gasteiger partial charge in [-0.05, 0) is 12.1 Å². The fourth-order valence-corrected chi connectivity index (χ4v) is 1.36. The van der Waals surface area contributed by atoms with Crippen molar-refractivity contribution in [2.45, 2.75) is 0 Å². The molecule has 0 fully saturated rings. The van der Waals surface area contributed by atoms with Gasteiger partial charge in [-0.2, -0.15) is 0 Å². The van der Waals surface area contributed by atoms with Crippen molar-refractivity contribution in [2.24, 2.45) is 0 Å². The predicted molar refractivity (Wildman–Crippen MR) is 46.6 cm³/mol. The van der Waals surface area contributed by atoms with Crippen molar-refractivity contribution in [3.8, 4) is 11.5 Å². The Morgan fingerprint density at radius 2 is 1.69 bits per heavy atom. The van der Waals surface area contributed by atoms with Crippen LogP contribution in [-0.2, 0) is 0 Å². The molecule has 0 N–H and O–H groups in total. The zero-order chi connectivity index (χ0) is 8.67. The second kappa shape index (κ2) is 2.29. The molecule has 64 valence electrons. The summed E-state index contributed by atoms with van der Waals surface area (Å²) >= 11 is 0. The molecule has 0 atom stereocenters. The second-order valence-electron chi connectivity index (χ2n) is 2.77. The van der Waals surface area contributed by atoms with Crippen molar-refractivity contribution in [1.82, 2.24) is 0 Å². The molecule has 1 aromatic heterocycles. The highest BCUT2D eigenvalue weighted by atomic mass is 16.5. The second-order valence-corrected chi connectivity index (χ2v) is 2.77. The number of ether oxygens (including phenoxy) is 2. The van der Waals surface area contributed by atoms with E-state index in [0.29, 0.717) is 5.75 Å². The molecule has 3 heteroatoms. The van der Waals surface area contributed by atoms with Crippen molar-refractivity contribution in [1.29, 1.82) is 0 Å². The maximum absolute atomic E-state index is 5.25. The molecule has 1 aromatic carbocycles. The van der Waals surface area contributed by atoms with E-state index < -0.39 is 0 Å². The van der Waals surface area contributed by atoms with Crippen molar-refractivity contribution >= 4 is 11.0 Å². The summed E-state index contributed by atoms with van der Waals surface area (Å²) < 4.78 is 15.7. The number of fused-ring (bicyclic) bond motifs is 2. The number of rotatable bonds is 0. The quantitative estimate of drug-likeness (QED) is 0.615. The first-order valence-electron chi connectivity index (χ1n) is 3.93.